The van der Waals surface area contributed by atoms with Crippen LogP contribution in [0.4, 0.5) is 4.39 Å². The third-order valence-corrected chi connectivity index (χ3v) is 6.12. The number of nitrogens with one attached hydrogen (secondary N) is 1. The summed E-state index contributed by atoms with van der Waals surface area (Å²) >= 11 is 0. The van der Waals surface area contributed by atoms with Crippen molar-refractivity contribution in [3.8, 4) is 11.7 Å². The van der Waals surface area contributed by atoms with Gasteiger partial charge in [0.15, 0.2) is 5.82 Å². The number of hydrogen-bond donors (Lipinski definition) is 1. The van der Waals surface area contributed by atoms with Crippen molar-refractivity contribution >= 4 is 5.91 Å². The van der Waals surface area contributed by atoms with Gasteiger partial charge in [-0.25, -0.2) is 9.07 Å². The highest BCUT2D eigenvalue weighted by atomic mass is 19.1. The van der Waals surface area contributed by atoms with Crippen LogP contribution in [0.5, 0.6) is 5.88 Å². The molecule has 1 saturated heterocycles. The molecule has 174 valence electrons. The van der Waals surface area contributed by atoms with Crippen molar-refractivity contribution in [2.24, 2.45) is 0 Å². The van der Waals surface area contributed by atoms with Gasteiger partial charge in [-0.15, -0.1) is 0 Å². The van der Waals surface area contributed by atoms with Crippen LogP contribution >= 0.6 is 0 Å². The Morgan fingerprint density at radius 3 is 2.70 bits per heavy atom. The van der Waals surface area contributed by atoms with Crippen molar-refractivity contribution in [1.82, 2.24) is 25.0 Å². The van der Waals surface area contributed by atoms with E-state index in [4.69, 9.17) is 4.74 Å². The highest BCUT2D eigenvalue weighted by molar-refractivity contribution is 5.94. The number of nitrogens with zero attached hydrogens (tertiary/aromatic N) is 4. The molecule has 8 heteroatoms. The van der Waals surface area contributed by atoms with Crippen molar-refractivity contribution < 1.29 is 13.9 Å². The number of likely N-dealkylation sites (tertiary alicyclic amines) is 1. The molecule has 3 aromatic rings. The molecule has 7 nitrogen and oxygen atoms in total. The highest BCUT2D eigenvalue weighted by Crippen LogP contribution is 2.27. The van der Waals surface area contributed by atoms with Gasteiger partial charge in [0.1, 0.15) is 12.3 Å². The summed E-state index contributed by atoms with van der Waals surface area (Å²) in [5.41, 5.74) is 1.60. The Kier molecular flexibility index (Phi) is 7.03. The monoisotopic (exact) mass is 451 g/mol. The second kappa shape index (κ2) is 10.1. The first-order chi connectivity index (χ1) is 15.9. The number of alkyl halides is 1. The summed E-state index contributed by atoms with van der Waals surface area (Å²) < 4.78 is 22.6. The first-order valence-corrected chi connectivity index (χ1v) is 11.3. The third kappa shape index (κ3) is 5.76. The summed E-state index contributed by atoms with van der Waals surface area (Å²) in [5, 5.41) is 7.31. The molecule has 1 aromatic carbocycles. The summed E-state index contributed by atoms with van der Waals surface area (Å²) in [6, 6.07) is 13.0. The van der Waals surface area contributed by atoms with Crippen LogP contribution in [0.15, 0.2) is 54.9 Å². The zero-order chi connectivity index (χ0) is 23.3. The van der Waals surface area contributed by atoms with Crippen molar-refractivity contribution in [1.29, 1.82) is 0 Å². The molecule has 3 heterocycles. The number of pyridine rings is 1. The van der Waals surface area contributed by atoms with E-state index in [0.717, 1.165) is 11.1 Å². The minimum atomic E-state index is -1.32. The van der Waals surface area contributed by atoms with Crippen molar-refractivity contribution in [2.75, 3.05) is 32.8 Å². The van der Waals surface area contributed by atoms with Gasteiger partial charge in [-0.3, -0.25) is 4.79 Å². The van der Waals surface area contributed by atoms with Crippen LogP contribution in [-0.4, -0.2) is 64.0 Å². The van der Waals surface area contributed by atoms with Crippen LogP contribution in [0.3, 0.4) is 0 Å². The molecule has 1 amide bonds. The largest absolute Gasteiger partial charge is 0.476 e. The number of ether oxygens (including phenoxy) is 1. The SMILES string of the molecule is Cc1ccc(C(=O)N2CCC(F)(CNCCOc3cccc(-n4cccn4)n3)CC2)cc1C. The number of halogens is 1. The van der Waals surface area contributed by atoms with E-state index in [1.807, 2.05) is 56.4 Å². The highest BCUT2D eigenvalue weighted by Gasteiger charge is 2.35. The normalized spacial score (nSPS) is 15.4. The van der Waals surface area contributed by atoms with Crippen LogP contribution < -0.4 is 10.1 Å². The van der Waals surface area contributed by atoms with Gasteiger partial charge < -0.3 is 15.0 Å². The van der Waals surface area contributed by atoms with Crippen LogP contribution in [0, 0.1) is 13.8 Å². The summed E-state index contributed by atoms with van der Waals surface area (Å²) in [7, 11) is 0. The summed E-state index contributed by atoms with van der Waals surface area (Å²) in [6.07, 6.45) is 4.15. The smallest absolute Gasteiger partial charge is 0.253 e. The van der Waals surface area contributed by atoms with Gasteiger partial charge in [-0.1, -0.05) is 12.1 Å². The Balaban J connectivity index is 1.19. The van der Waals surface area contributed by atoms with Gasteiger partial charge in [0, 0.05) is 63.0 Å². The van der Waals surface area contributed by atoms with Crippen molar-refractivity contribution in [2.45, 2.75) is 32.4 Å². The van der Waals surface area contributed by atoms with E-state index in [1.54, 1.807) is 21.8 Å². The number of piperidine rings is 1. The molecule has 0 radical (unpaired) electrons. The number of carbonyl (C=O) groups is 1. The standard InChI is InChI=1S/C25H30FN5O2/c1-19-7-8-21(17-20(19)2)24(32)30-14-9-25(26,10-15-30)18-27-12-16-33-23-6-3-5-22(29-23)31-13-4-11-28-31/h3-8,11,13,17,27H,9-10,12,14-16,18H2,1-2H3. The molecule has 0 atom stereocenters. The lowest BCUT2D eigenvalue weighted by Gasteiger charge is -2.36. The Morgan fingerprint density at radius 1 is 1.15 bits per heavy atom. The second-order valence-corrected chi connectivity index (χ2v) is 8.55. The van der Waals surface area contributed by atoms with Gasteiger partial charge in [0.05, 0.1) is 0 Å². The van der Waals surface area contributed by atoms with Crippen LogP contribution in [0.25, 0.3) is 5.82 Å². The molecule has 0 spiro atoms. The second-order valence-electron chi connectivity index (χ2n) is 8.55. The predicted molar refractivity (Wildman–Crippen MR) is 125 cm³/mol. The molecule has 4 rings (SSSR count). The summed E-state index contributed by atoms with van der Waals surface area (Å²) in [4.78, 5) is 18.9. The molecule has 0 aliphatic carbocycles. The summed E-state index contributed by atoms with van der Waals surface area (Å²) in [5.74, 6) is 1.15. The number of aromatic nitrogens is 3. The minimum absolute atomic E-state index is 0.0219. The molecule has 1 fully saturated rings. The van der Waals surface area contributed by atoms with E-state index in [9.17, 15) is 4.79 Å². The average molecular weight is 452 g/mol. The van der Waals surface area contributed by atoms with Crippen LogP contribution in [-0.2, 0) is 0 Å². The number of benzene rings is 1. The van der Waals surface area contributed by atoms with E-state index in [2.05, 4.69) is 15.4 Å². The van der Waals surface area contributed by atoms with Crippen molar-refractivity contribution in [3.63, 3.8) is 0 Å². The number of hydrogen-bond acceptors (Lipinski definition) is 5. The number of aryl methyl sites for hydroxylation is 2. The van der Waals surface area contributed by atoms with Gasteiger partial charge in [-0.2, -0.15) is 10.1 Å². The van der Waals surface area contributed by atoms with E-state index < -0.39 is 5.67 Å². The molecule has 2 aromatic heterocycles. The third-order valence-electron chi connectivity index (χ3n) is 6.12. The number of rotatable bonds is 8. The Labute approximate surface area is 193 Å². The molecular formula is C25H30FN5O2. The fraction of sp³-hybridized carbons (Fsp3) is 0.400. The lowest BCUT2D eigenvalue weighted by atomic mass is 9.92. The number of amides is 1. The van der Waals surface area contributed by atoms with E-state index in [1.165, 1.54) is 0 Å². The zero-order valence-electron chi connectivity index (χ0n) is 19.1. The molecule has 1 aliphatic heterocycles. The van der Waals surface area contributed by atoms with Gasteiger partial charge in [0.25, 0.3) is 5.91 Å². The predicted octanol–water partition coefficient (Wildman–Crippen LogP) is 3.50. The zero-order valence-corrected chi connectivity index (χ0v) is 19.1. The molecule has 1 aliphatic rings. The van der Waals surface area contributed by atoms with E-state index in [0.29, 0.717) is 56.3 Å². The Hall–Kier alpha value is -3.26. The van der Waals surface area contributed by atoms with E-state index >= 15 is 4.39 Å². The Bertz CT molecular complexity index is 1080. The molecule has 0 bridgehead atoms. The average Bonchev–Trinajstić information content (AvgIpc) is 3.36. The molecular weight excluding hydrogens is 421 g/mol. The maximum absolute atomic E-state index is 15.2. The molecule has 0 unspecified atom stereocenters. The lowest BCUT2D eigenvalue weighted by Crippen LogP contribution is -2.49. The van der Waals surface area contributed by atoms with Crippen molar-refractivity contribution in [3.05, 3.63) is 71.5 Å². The quantitative estimate of drug-likeness (QED) is 0.531. The minimum Gasteiger partial charge on any atom is -0.476 e. The van der Waals surface area contributed by atoms with Crippen LogP contribution in [0.2, 0.25) is 0 Å². The number of carbonyl (C=O) groups excluding carboxylic acids is 1. The van der Waals surface area contributed by atoms with Gasteiger partial charge in [0.2, 0.25) is 5.88 Å². The van der Waals surface area contributed by atoms with E-state index in [-0.39, 0.29) is 12.5 Å². The van der Waals surface area contributed by atoms with Crippen LogP contribution in [0.1, 0.15) is 34.3 Å². The lowest BCUT2D eigenvalue weighted by molar-refractivity contribution is 0.0433. The molecule has 1 N–H and O–H groups in total. The first-order valence-electron chi connectivity index (χ1n) is 11.3. The topological polar surface area (TPSA) is 72.3 Å². The summed E-state index contributed by atoms with van der Waals surface area (Å²) in [6.45, 7) is 5.98. The Morgan fingerprint density at radius 2 is 1.97 bits per heavy atom. The fourth-order valence-corrected chi connectivity index (χ4v) is 3.90. The van der Waals surface area contributed by atoms with Gasteiger partial charge >= 0.3 is 0 Å². The fourth-order valence-electron chi connectivity index (χ4n) is 3.90. The maximum Gasteiger partial charge on any atom is 0.253 e. The van der Waals surface area contributed by atoms with Gasteiger partial charge in [-0.05, 0) is 49.2 Å². The molecule has 0 saturated carbocycles. The maximum atomic E-state index is 15.2. The first kappa shape index (κ1) is 22.9. The molecule has 33 heavy (non-hydrogen) atoms.